The van der Waals surface area contributed by atoms with Crippen molar-refractivity contribution in [1.29, 1.82) is 0 Å². The molecule has 3 atom stereocenters. The van der Waals surface area contributed by atoms with Crippen LogP contribution in [0.25, 0.3) is 22.3 Å². The fourth-order valence-corrected chi connectivity index (χ4v) is 5.99. The van der Waals surface area contributed by atoms with Gasteiger partial charge in [0.05, 0.1) is 5.69 Å². The second-order valence-corrected chi connectivity index (χ2v) is 8.15. The van der Waals surface area contributed by atoms with Gasteiger partial charge in [0.25, 0.3) is 0 Å². The van der Waals surface area contributed by atoms with Crippen LogP contribution in [0.1, 0.15) is 12.8 Å². The van der Waals surface area contributed by atoms with Crippen molar-refractivity contribution in [3.8, 4) is 11.3 Å². The summed E-state index contributed by atoms with van der Waals surface area (Å²) in [4.78, 5) is 24.7. The molecule has 4 aliphatic carbocycles. The maximum absolute atomic E-state index is 12.6. The number of nitrogens with one attached hydrogen (secondary N) is 2. The Kier molecular flexibility index (Phi) is 2.43. The first kappa shape index (κ1) is 13.1. The van der Waals surface area contributed by atoms with Crippen LogP contribution in [0.15, 0.2) is 29.9 Å². The number of hydrogen-bond donors (Lipinski definition) is 2. The van der Waals surface area contributed by atoms with Crippen molar-refractivity contribution in [1.82, 2.24) is 15.0 Å². The van der Waals surface area contributed by atoms with Gasteiger partial charge in [-0.1, -0.05) is 0 Å². The predicted octanol–water partition coefficient (Wildman–Crippen LogP) is 3.53. The molecule has 0 radical (unpaired) electrons. The molecule has 1 amide bonds. The number of aromatic nitrogens is 3. The highest BCUT2D eigenvalue weighted by molar-refractivity contribution is 7.14. The normalized spacial score (nSPS) is 32.4. The SMILES string of the molecule is O=C(Nc1nc(-c2c[nH]c3ncccc23)cs1)C1C2CC3C(C2)C31. The van der Waals surface area contributed by atoms with E-state index >= 15 is 0 Å². The molecule has 0 spiro atoms. The minimum absolute atomic E-state index is 0.189. The molecule has 2 N–H and O–H groups in total. The summed E-state index contributed by atoms with van der Waals surface area (Å²) in [7, 11) is 0. The molecule has 3 aromatic rings. The first-order valence-electron chi connectivity index (χ1n) is 8.48. The van der Waals surface area contributed by atoms with Gasteiger partial charge in [-0.05, 0) is 48.6 Å². The van der Waals surface area contributed by atoms with E-state index in [0.717, 1.165) is 34.1 Å². The van der Waals surface area contributed by atoms with Gasteiger partial charge in [-0.3, -0.25) is 4.79 Å². The molecular formula is C18H16N4OS. The van der Waals surface area contributed by atoms with Gasteiger partial charge in [0.1, 0.15) is 5.65 Å². The Morgan fingerprint density at radius 1 is 1.33 bits per heavy atom. The minimum atomic E-state index is 0.189. The van der Waals surface area contributed by atoms with Crippen LogP contribution in [0.2, 0.25) is 0 Å². The zero-order valence-corrected chi connectivity index (χ0v) is 13.7. The van der Waals surface area contributed by atoms with Gasteiger partial charge in [0, 0.05) is 34.6 Å². The molecule has 3 aromatic heterocycles. The number of amides is 1. The third-order valence-electron chi connectivity index (χ3n) is 6.23. The average molecular weight is 336 g/mol. The molecule has 120 valence electrons. The van der Waals surface area contributed by atoms with E-state index in [1.807, 2.05) is 23.7 Å². The quantitative estimate of drug-likeness (QED) is 0.769. The van der Waals surface area contributed by atoms with Crippen molar-refractivity contribution in [3.05, 3.63) is 29.9 Å². The largest absolute Gasteiger partial charge is 0.345 e. The van der Waals surface area contributed by atoms with Crippen molar-refractivity contribution in [2.45, 2.75) is 12.8 Å². The van der Waals surface area contributed by atoms with Gasteiger partial charge < -0.3 is 10.3 Å². The van der Waals surface area contributed by atoms with Crippen LogP contribution in [0.5, 0.6) is 0 Å². The molecule has 0 saturated heterocycles. The van der Waals surface area contributed by atoms with Crippen LogP contribution in [0, 0.1) is 29.6 Å². The lowest BCUT2D eigenvalue weighted by atomic mass is 9.97. The fraction of sp³-hybridized carbons (Fsp3) is 0.389. The zero-order chi connectivity index (χ0) is 15.8. The summed E-state index contributed by atoms with van der Waals surface area (Å²) < 4.78 is 0. The number of anilines is 1. The Labute approximate surface area is 142 Å². The Balaban J connectivity index is 1.26. The smallest absolute Gasteiger partial charge is 0.229 e. The van der Waals surface area contributed by atoms with E-state index in [2.05, 4.69) is 20.3 Å². The number of rotatable bonds is 3. The summed E-state index contributed by atoms with van der Waals surface area (Å²) in [6.07, 6.45) is 6.25. The van der Waals surface area contributed by atoms with Crippen molar-refractivity contribution in [3.63, 3.8) is 0 Å². The van der Waals surface area contributed by atoms with E-state index < -0.39 is 0 Å². The predicted molar refractivity (Wildman–Crippen MR) is 92.5 cm³/mol. The van der Waals surface area contributed by atoms with Crippen molar-refractivity contribution < 1.29 is 4.79 Å². The minimum Gasteiger partial charge on any atom is -0.345 e. The monoisotopic (exact) mass is 336 g/mol. The molecule has 4 aliphatic rings. The highest BCUT2D eigenvalue weighted by atomic mass is 32.1. The lowest BCUT2D eigenvalue weighted by Crippen LogP contribution is -2.25. The van der Waals surface area contributed by atoms with Gasteiger partial charge in [0.2, 0.25) is 5.91 Å². The van der Waals surface area contributed by atoms with Gasteiger partial charge in [-0.2, -0.15) is 0 Å². The zero-order valence-electron chi connectivity index (χ0n) is 12.9. The molecule has 4 bridgehead atoms. The highest BCUT2D eigenvalue weighted by Crippen LogP contribution is 2.73. The van der Waals surface area contributed by atoms with E-state index in [-0.39, 0.29) is 11.8 Å². The summed E-state index contributed by atoms with van der Waals surface area (Å²) in [5, 5.41) is 6.83. The summed E-state index contributed by atoms with van der Waals surface area (Å²) in [6.45, 7) is 0. The average Bonchev–Trinajstić information content (AvgIpc) is 3.22. The Morgan fingerprint density at radius 2 is 2.21 bits per heavy atom. The van der Waals surface area contributed by atoms with Crippen LogP contribution < -0.4 is 5.32 Å². The number of aromatic amines is 1. The summed E-state index contributed by atoms with van der Waals surface area (Å²) >= 11 is 1.50. The second kappa shape index (κ2) is 4.45. The van der Waals surface area contributed by atoms with E-state index in [1.54, 1.807) is 6.20 Å². The maximum Gasteiger partial charge on any atom is 0.229 e. The molecule has 4 fully saturated rings. The Hall–Kier alpha value is -2.21. The van der Waals surface area contributed by atoms with E-state index in [4.69, 9.17) is 0 Å². The van der Waals surface area contributed by atoms with Crippen molar-refractivity contribution >= 4 is 33.4 Å². The fourth-order valence-electron chi connectivity index (χ4n) is 5.27. The van der Waals surface area contributed by atoms with Crippen molar-refractivity contribution in [2.75, 3.05) is 5.32 Å². The lowest BCUT2D eigenvalue weighted by molar-refractivity contribution is -0.120. The van der Waals surface area contributed by atoms with Gasteiger partial charge in [-0.15, -0.1) is 11.3 Å². The van der Waals surface area contributed by atoms with Crippen LogP contribution >= 0.6 is 11.3 Å². The van der Waals surface area contributed by atoms with Crippen LogP contribution in [-0.2, 0) is 4.79 Å². The number of H-pyrrole nitrogens is 1. The number of carbonyl (C=O) groups excluding carboxylic acids is 1. The van der Waals surface area contributed by atoms with Crippen LogP contribution in [-0.4, -0.2) is 20.9 Å². The second-order valence-electron chi connectivity index (χ2n) is 7.29. The molecule has 24 heavy (non-hydrogen) atoms. The third kappa shape index (κ3) is 1.66. The van der Waals surface area contributed by atoms with Crippen LogP contribution in [0.4, 0.5) is 5.13 Å². The molecular weight excluding hydrogens is 320 g/mol. The molecule has 3 unspecified atom stereocenters. The number of carbonyl (C=O) groups is 1. The highest BCUT2D eigenvalue weighted by Gasteiger charge is 2.70. The Bertz CT molecular complexity index is 962. The van der Waals surface area contributed by atoms with Gasteiger partial charge in [0.15, 0.2) is 5.13 Å². The molecule has 3 heterocycles. The topological polar surface area (TPSA) is 70.7 Å². The molecule has 6 heteroatoms. The van der Waals surface area contributed by atoms with E-state index in [1.165, 1.54) is 24.2 Å². The van der Waals surface area contributed by atoms with Gasteiger partial charge in [-0.25, -0.2) is 9.97 Å². The number of pyridine rings is 1. The summed E-state index contributed by atoms with van der Waals surface area (Å²) in [5.41, 5.74) is 2.77. The number of fused-ring (bicyclic) bond motifs is 1. The number of thiazole rings is 1. The molecule has 0 aromatic carbocycles. The van der Waals surface area contributed by atoms with Crippen LogP contribution in [0.3, 0.4) is 0 Å². The summed E-state index contributed by atoms with van der Waals surface area (Å²) in [5.74, 6) is 3.45. The first-order chi connectivity index (χ1) is 11.8. The summed E-state index contributed by atoms with van der Waals surface area (Å²) in [6, 6.07) is 3.96. The first-order valence-corrected chi connectivity index (χ1v) is 9.36. The van der Waals surface area contributed by atoms with E-state index in [0.29, 0.717) is 17.0 Å². The molecule has 4 saturated carbocycles. The van der Waals surface area contributed by atoms with Gasteiger partial charge >= 0.3 is 0 Å². The molecule has 7 rings (SSSR count). The number of hydrogen-bond acceptors (Lipinski definition) is 4. The Morgan fingerprint density at radius 3 is 3.00 bits per heavy atom. The lowest BCUT2D eigenvalue weighted by Gasteiger charge is -2.13. The van der Waals surface area contributed by atoms with E-state index in [9.17, 15) is 4.79 Å². The van der Waals surface area contributed by atoms with Crippen molar-refractivity contribution in [2.24, 2.45) is 29.6 Å². The number of nitrogens with zero attached hydrogens (tertiary/aromatic N) is 2. The molecule has 5 nitrogen and oxygen atoms in total. The standard InChI is InChI=1S/C18H16N4OS/c23-17(14-8-4-10-11(5-8)15(10)14)22-18-21-13(7-24-18)12-6-20-16-9(12)2-1-3-19-16/h1-3,6-8,10-11,14-15H,4-5H2,(H,19,20)(H,21,22,23). The third-order valence-corrected chi connectivity index (χ3v) is 6.99. The molecule has 0 aliphatic heterocycles. The maximum atomic E-state index is 12.6.